The van der Waals surface area contributed by atoms with E-state index in [9.17, 15) is 9.90 Å². The van der Waals surface area contributed by atoms with Crippen molar-refractivity contribution in [2.75, 3.05) is 39.6 Å². The fourth-order valence-corrected chi connectivity index (χ4v) is 1.86. The standard InChI is InChI=1S/C13H22N4O3/c1-9-6-10(16-11(15-9)12(18)20-5)14-7-13(2,19)8-17(3)4/h6,19H,7-8H2,1-5H3,(H,14,15,16). The number of hydrogen-bond donors (Lipinski definition) is 2. The highest BCUT2D eigenvalue weighted by molar-refractivity contribution is 5.85. The van der Waals surface area contributed by atoms with Crippen molar-refractivity contribution in [2.45, 2.75) is 19.4 Å². The van der Waals surface area contributed by atoms with E-state index in [1.165, 1.54) is 7.11 Å². The van der Waals surface area contributed by atoms with Gasteiger partial charge in [-0.3, -0.25) is 0 Å². The molecule has 7 heteroatoms. The highest BCUT2D eigenvalue weighted by Crippen LogP contribution is 2.10. The molecular formula is C13H22N4O3. The van der Waals surface area contributed by atoms with E-state index in [1.807, 2.05) is 19.0 Å². The molecule has 1 aromatic heterocycles. The molecule has 112 valence electrons. The van der Waals surface area contributed by atoms with Crippen molar-refractivity contribution in [2.24, 2.45) is 0 Å². The van der Waals surface area contributed by atoms with Crippen molar-refractivity contribution in [3.05, 3.63) is 17.6 Å². The minimum absolute atomic E-state index is 0.00209. The number of nitrogens with zero attached hydrogens (tertiary/aromatic N) is 3. The number of carbonyl (C=O) groups excluding carboxylic acids is 1. The summed E-state index contributed by atoms with van der Waals surface area (Å²) in [5.41, 5.74) is -0.261. The molecule has 0 saturated heterocycles. The second-order valence-corrected chi connectivity index (χ2v) is 5.30. The van der Waals surface area contributed by atoms with Crippen LogP contribution in [0.4, 0.5) is 5.82 Å². The third-order valence-corrected chi connectivity index (χ3v) is 2.53. The number of aromatic nitrogens is 2. The summed E-state index contributed by atoms with van der Waals surface area (Å²) in [6.45, 7) is 4.31. The Hall–Kier alpha value is -1.73. The molecule has 0 bridgehead atoms. The lowest BCUT2D eigenvalue weighted by Crippen LogP contribution is -2.43. The highest BCUT2D eigenvalue weighted by atomic mass is 16.5. The summed E-state index contributed by atoms with van der Waals surface area (Å²) in [4.78, 5) is 21.4. The van der Waals surface area contributed by atoms with E-state index in [1.54, 1.807) is 19.9 Å². The lowest BCUT2D eigenvalue weighted by Gasteiger charge is -2.27. The Bertz CT molecular complexity index is 475. The molecular weight excluding hydrogens is 260 g/mol. The van der Waals surface area contributed by atoms with Crippen molar-refractivity contribution in [3.63, 3.8) is 0 Å². The Morgan fingerprint density at radius 2 is 2.15 bits per heavy atom. The molecule has 2 N–H and O–H groups in total. The third-order valence-electron chi connectivity index (χ3n) is 2.53. The molecule has 0 aliphatic carbocycles. The number of aliphatic hydroxyl groups is 1. The summed E-state index contributed by atoms with van der Waals surface area (Å²) >= 11 is 0. The number of rotatable bonds is 6. The first-order valence-corrected chi connectivity index (χ1v) is 6.28. The van der Waals surface area contributed by atoms with Crippen molar-refractivity contribution in [1.82, 2.24) is 14.9 Å². The van der Waals surface area contributed by atoms with Gasteiger partial charge in [0, 0.05) is 24.8 Å². The van der Waals surface area contributed by atoms with Crippen LogP contribution in [-0.2, 0) is 4.74 Å². The molecule has 0 fully saturated rings. The average Bonchev–Trinajstić information content (AvgIpc) is 2.33. The lowest BCUT2D eigenvalue weighted by molar-refractivity contribution is 0.0459. The quantitative estimate of drug-likeness (QED) is 0.725. The van der Waals surface area contributed by atoms with Crippen LogP contribution >= 0.6 is 0 Å². The first-order valence-electron chi connectivity index (χ1n) is 6.28. The number of likely N-dealkylation sites (N-methyl/N-ethyl adjacent to an activating group) is 1. The molecule has 1 aromatic rings. The van der Waals surface area contributed by atoms with Crippen LogP contribution in [0.3, 0.4) is 0 Å². The fourth-order valence-electron chi connectivity index (χ4n) is 1.86. The Kier molecular flexibility index (Phi) is 5.41. The number of methoxy groups -OCH3 is 1. The maximum Gasteiger partial charge on any atom is 0.376 e. The van der Waals surface area contributed by atoms with E-state index in [2.05, 4.69) is 20.0 Å². The number of hydrogen-bond acceptors (Lipinski definition) is 7. The third kappa shape index (κ3) is 5.10. The van der Waals surface area contributed by atoms with Crippen molar-refractivity contribution in [3.8, 4) is 0 Å². The predicted molar refractivity (Wildman–Crippen MR) is 75.8 cm³/mol. The SMILES string of the molecule is COC(=O)c1nc(C)cc(NCC(C)(O)CN(C)C)n1. The number of nitrogens with one attached hydrogen (secondary N) is 1. The van der Waals surface area contributed by atoms with Gasteiger partial charge in [-0.2, -0.15) is 0 Å². The summed E-state index contributed by atoms with van der Waals surface area (Å²) in [6.07, 6.45) is 0. The molecule has 0 aliphatic heterocycles. The van der Waals surface area contributed by atoms with Crippen LogP contribution in [0.25, 0.3) is 0 Å². The number of ether oxygens (including phenoxy) is 1. The van der Waals surface area contributed by atoms with Crippen molar-refractivity contribution < 1.29 is 14.6 Å². The van der Waals surface area contributed by atoms with Gasteiger partial charge < -0.3 is 20.1 Å². The maximum absolute atomic E-state index is 11.4. The summed E-state index contributed by atoms with van der Waals surface area (Å²) in [7, 11) is 5.06. The maximum atomic E-state index is 11.4. The molecule has 0 aliphatic rings. The first kappa shape index (κ1) is 16.3. The van der Waals surface area contributed by atoms with Gasteiger partial charge in [0.25, 0.3) is 0 Å². The molecule has 1 heterocycles. The number of anilines is 1. The molecule has 7 nitrogen and oxygen atoms in total. The molecule has 0 radical (unpaired) electrons. The van der Waals surface area contributed by atoms with Gasteiger partial charge in [-0.1, -0.05) is 0 Å². The normalized spacial score (nSPS) is 13.9. The zero-order valence-electron chi connectivity index (χ0n) is 12.6. The van der Waals surface area contributed by atoms with Crippen LogP contribution in [0.5, 0.6) is 0 Å². The topological polar surface area (TPSA) is 87.6 Å². The van der Waals surface area contributed by atoms with Crippen LogP contribution in [0.1, 0.15) is 23.2 Å². The van der Waals surface area contributed by atoms with Gasteiger partial charge in [-0.25, -0.2) is 14.8 Å². The Balaban J connectivity index is 2.78. The van der Waals surface area contributed by atoms with Gasteiger partial charge in [-0.05, 0) is 27.9 Å². The zero-order chi connectivity index (χ0) is 15.3. The fraction of sp³-hybridized carbons (Fsp3) is 0.615. The average molecular weight is 282 g/mol. The summed E-state index contributed by atoms with van der Waals surface area (Å²) < 4.78 is 4.60. The van der Waals surface area contributed by atoms with Gasteiger partial charge in [0.1, 0.15) is 5.82 Å². The minimum atomic E-state index is -0.909. The second kappa shape index (κ2) is 6.62. The van der Waals surface area contributed by atoms with Crippen LogP contribution < -0.4 is 5.32 Å². The van der Waals surface area contributed by atoms with Crippen LogP contribution in [0.2, 0.25) is 0 Å². The number of esters is 1. The first-order chi connectivity index (χ1) is 9.23. The largest absolute Gasteiger partial charge is 0.463 e. The van der Waals surface area contributed by atoms with Gasteiger partial charge >= 0.3 is 5.97 Å². The molecule has 1 atom stereocenters. The number of carbonyl (C=O) groups is 1. The minimum Gasteiger partial charge on any atom is -0.463 e. The van der Waals surface area contributed by atoms with E-state index < -0.39 is 11.6 Å². The second-order valence-electron chi connectivity index (χ2n) is 5.30. The summed E-state index contributed by atoms with van der Waals surface area (Å²) in [6, 6.07) is 1.71. The molecule has 1 unspecified atom stereocenters. The monoisotopic (exact) mass is 282 g/mol. The van der Waals surface area contributed by atoms with E-state index in [0.717, 1.165) is 0 Å². The van der Waals surface area contributed by atoms with Crippen LogP contribution in [0.15, 0.2) is 6.07 Å². The van der Waals surface area contributed by atoms with Gasteiger partial charge in [0.05, 0.1) is 12.7 Å². The summed E-state index contributed by atoms with van der Waals surface area (Å²) in [5.74, 6) is -0.101. The van der Waals surface area contributed by atoms with Gasteiger partial charge in [0.15, 0.2) is 0 Å². The lowest BCUT2D eigenvalue weighted by atomic mass is 10.1. The number of aryl methyl sites for hydroxylation is 1. The highest BCUT2D eigenvalue weighted by Gasteiger charge is 2.21. The van der Waals surface area contributed by atoms with Crippen LogP contribution in [0, 0.1) is 6.92 Å². The molecule has 0 aromatic carbocycles. The van der Waals surface area contributed by atoms with Crippen molar-refractivity contribution >= 4 is 11.8 Å². The van der Waals surface area contributed by atoms with E-state index in [0.29, 0.717) is 24.6 Å². The Labute approximate surface area is 119 Å². The van der Waals surface area contributed by atoms with Gasteiger partial charge in [0.2, 0.25) is 5.82 Å². The molecule has 20 heavy (non-hydrogen) atoms. The van der Waals surface area contributed by atoms with E-state index in [4.69, 9.17) is 0 Å². The molecule has 1 rings (SSSR count). The molecule has 0 amide bonds. The summed E-state index contributed by atoms with van der Waals surface area (Å²) in [5, 5.41) is 13.2. The smallest absolute Gasteiger partial charge is 0.376 e. The molecule has 0 spiro atoms. The Morgan fingerprint density at radius 1 is 1.50 bits per heavy atom. The van der Waals surface area contributed by atoms with Crippen molar-refractivity contribution in [1.29, 1.82) is 0 Å². The van der Waals surface area contributed by atoms with E-state index in [-0.39, 0.29) is 5.82 Å². The molecule has 0 saturated carbocycles. The van der Waals surface area contributed by atoms with Gasteiger partial charge in [-0.15, -0.1) is 0 Å². The Morgan fingerprint density at radius 3 is 2.70 bits per heavy atom. The van der Waals surface area contributed by atoms with Crippen LogP contribution in [-0.4, -0.2) is 65.8 Å². The predicted octanol–water partition coefficient (Wildman–Crippen LogP) is 0.296. The van der Waals surface area contributed by atoms with E-state index >= 15 is 0 Å². The zero-order valence-corrected chi connectivity index (χ0v) is 12.6.